The van der Waals surface area contributed by atoms with Crippen molar-refractivity contribution in [1.29, 1.82) is 0 Å². The van der Waals surface area contributed by atoms with E-state index in [2.05, 4.69) is 29.2 Å². The number of nitrogens with one attached hydrogen (secondary N) is 1. The molecule has 0 aliphatic carbocycles. The SMILES string of the molecule is CCCNC(=O)c1cncc(C[C@H]2CCCN(C)C2)c1. The van der Waals surface area contributed by atoms with E-state index in [1.807, 2.05) is 12.3 Å². The summed E-state index contributed by atoms with van der Waals surface area (Å²) in [5.41, 5.74) is 1.86. The number of pyridine rings is 1. The predicted molar refractivity (Wildman–Crippen MR) is 80.8 cm³/mol. The van der Waals surface area contributed by atoms with Crippen molar-refractivity contribution in [2.75, 3.05) is 26.7 Å². The Kier molecular flexibility index (Phi) is 5.53. The van der Waals surface area contributed by atoms with Crippen LogP contribution in [-0.2, 0) is 6.42 Å². The van der Waals surface area contributed by atoms with Gasteiger partial charge in [-0.25, -0.2) is 0 Å². The van der Waals surface area contributed by atoms with E-state index in [0.717, 1.165) is 25.9 Å². The third kappa shape index (κ3) is 4.30. The molecule has 4 heteroatoms. The highest BCUT2D eigenvalue weighted by atomic mass is 16.1. The molecule has 0 unspecified atom stereocenters. The minimum atomic E-state index is -0.0121. The van der Waals surface area contributed by atoms with Gasteiger partial charge in [-0.3, -0.25) is 9.78 Å². The first-order valence-corrected chi connectivity index (χ1v) is 7.59. The average molecular weight is 275 g/mol. The zero-order valence-corrected chi connectivity index (χ0v) is 12.6. The Hall–Kier alpha value is -1.42. The summed E-state index contributed by atoms with van der Waals surface area (Å²) >= 11 is 0. The molecular weight excluding hydrogens is 250 g/mol. The Balaban J connectivity index is 1.96. The lowest BCUT2D eigenvalue weighted by Gasteiger charge is -2.29. The molecule has 1 atom stereocenters. The number of hydrogen-bond acceptors (Lipinski definition) is 3. The van der Waals surface area contributed by atoms with Crippen molar-refractivity contribution in [1.82, 2.24) is 15.2 Å². The van der Waals surface area contributed by atoms with Crippen LogP contribution in [0.3, 0.4) is 0 Å². The van der Waals surface area contributed by atoms with Gasteiger partial charge in [-0.05, 0) is 56.8 Å². The zero-order chi connectivity index (χ0) is 14.4. The van der Waals surface area contributed by atoms with E-state index in [-0.39, 0.29) is 5.91 Å². The highest BCUT2D eigenvalue weighted by molar-refractivity contribution is 5.93. The first-order chi connectivity index (χ1) is 9.69. The molecule has 1 amide bonds. The van der Waals surface area contributed by atoms with Crippen molar-refractivity contribution in [2.45, 2.75) is 32.6 Å². The number of aromatic nitrogens is 1. The molecule has 4 nitrogen and oxygen atoms in total. The number of hydrogen-bond donors (Lipinski definition) is 1. The second kappa shape index (κ2) is 7.39. The van der Waals surface area contributed by atoms with E-state index in [0.29, 0.717) is 11.5 Å². The van der Waals surface area contributed by atoms with Crippen molar-refractivity contribution in [3.05, 3.63) is 29.6 Å². The number of amides is 1. The molecule has 2 rings (SSSR count). The fourth-order valence-electron chi connectivity index (χ4n) is 2.84. The number of rotatable bonds is 5. The molecule has 1 aromatic heterocycles. The summed E-state index contributed by atoms with van der Waals surface area (Å²) in [5.74, 6) is 0.673. The van der Waals surface area contributed by atoms with Crippen LogP contribution in [0.25, 0.3) is 0 Å². The lowest BCUT2D eigenvalue weighted by Crippen LogP contribution is -2.33. The van der Waals surface area contributed by atoms with Crippen molar-refractivity contribution in [3.8, 4) is 0 Å². The van der Waals surface area contributed by atoms with Gasteiger partial charge in [0, 0.05) is 25.5 Å². The second-order valence-electron chi connectivity index (χ2n) is 5.81. The molecule has 110 valence electrons. The maximum Gasteiger partial charge on any atom is 0.252 e. The minimum absolute atomic E-state index is 0.0121. The molecule has 1 aliphatic heterocycles. The highest BCUT2D eigenvalue weighted by Gasteiger charge is 2.18. The predicted octanol–water partition coefficient (Wildman–Crippen LogP) is 2.11. The number of piperidine rings is 1. The van der Waals surface area contributed by atoms with Crippen molar-refractivity contribution in [2.24, 2.45) is 5.92 Å². The van der Waals surface area contributed by atoms with Gasteiger partial charge in [0.25, 0.3) is 5.91 Å². The molecule has 20 heavy (non-hydrogen) atoms. The normalized spacial score (nSPS) is 19.8. The van der Waals surface area contributed by atoms with Gasteiger partial charge in [-0.15, -0.1) is 0 Å². The smallest absolute Gasteiger partial charge is 0.252 e. The summed E-state index contributed by atoms with van der Waals surface area (Å²) in [6.07, 6.45) is 8.06. The van der Waals surface area contributed by atoms with Crippen molar-refractivity contribution in [3.63, 3.8) is 0 Å². The fraction of sp³-hybridized carbons (Fsp3) is 0.625. The molecule has 0 bridgehead atoms. The Morgan fingerprint density at radius 2 is 2.35 bits per heavy atom. The molecule has 0 saturated carbocycles. The van der Waals surface area contributed by atoms with Crippen molar-refractivity contribution >= 4 is 5.91 Å². The Labute approximate surface area is 121 Å². The first kappa shape index (κ1) is 15.0. The summed E-state index contributed by atoms with van der Waals surface area (Å²) in [5, 5.41) is 2.90. The number of carbonyl (C=O) groups is 1. The van der Waals surface area contributed by atoms with Crippen molar-refractivity contribution < 1.29 is 4.79 Å². The third-order valence-corrected chi connectivity index (χ3v) is 3.84. The van der Waals surface area contributed by atoms with Crippen LogP contribution >= 0.6 is 0 Å². The number of nitrogens with zero attached hydrogens (tertiary/aromatic N) is 2. The van der Waals surface area contributed by atoms with Gasteiger partial charge in [0.1, 0.15) is 0 Å². The maximum absolute atomic E-state index is 11.9. The van der Waals surface area contributed by atoms with Gasteiger partial charge in [0.15, 0.2) is 0 Å². The first-order valence-electron chi connectivity index (χ1n) is 7.59. The van der Waals surface area contributed by atoms with E-state index < -0.39 is 0 Å². The van der Waals surface area contributed by atoms with E-state index in [1.165, 1.54) is 24.9 Å². The lowest BCUT2D eigenvalue weighted by molar-refractivity contribution is 0.0953. The van der Waals surface area contributed by atoms with Gasteiger partial charge >= 0.3 is 0 Å². The van der Waals surface area contributed by atoms with Gasteiger partial charge in [-0.1, -0.05) is 6.92 Å². The Bertz CT molecular complexity index is 447. The topological polar surface area (TPSA) is 45.2 Å². The zero-order valence-electron chi connectivity index (χ0n) is 12.6. The van der Waals surface area contributed by atoms with Crippen LogP contribution in [0.15, 0.2) is 18.5 Å². The molecular formula is C16H25N3O. The maximum atomic E-state index is 11.9. The van der Waals surface area contributed by atoms with Gasteiger partial charge in [-0.2, -0.15) is 0 Å². The molecule has 1 N–H and O–H groups in total. The highest BCUT2D eigenvalue weighted by Crippen LogP contribution is 2.19. The molecule has 0 radical (unpaired) electrons. The van der Waals surface area contributed by atoms with Gasteiger partial charge < -0.3 is 10.2 Å². The third-order valence-electron chi connectivity index (χ3n) is 3.84. The van der Waals surface area contributed by atoms with Gasteiger partial charge in [0.05, 0.1) is 5.56 Å². The van der Waals surface area contributed by atoms with Crippen LogP contribution in [-0.4, -0.2) is 42.5 Å². The molecule has 2 heterocycles. The van der Waals surface area contributed by atoms with Crippen LogP contribution in [0.5, 0.6) is 0 Å². The van der Waals surface area contributed by atoms with E-state index in [4.69, 9.17) is 0 Å². The van der Waals surface area contributed by atoms with Crippen LogP contribution in [0, 0.1) is 5.92 Å². The lowest BCUT2D eigenvalue weighted by atomic mass is 9.92. The summed E-state index contributed by atoms with van der Waals surface area (Å²) in [4.78, 5) is 18.6. The fourth-order valence-corrected chi connectivity index (χ4v) is 2.84. The summed E-state index contributed by atoms with van der Waals surface area (Å²) in [7, 11) is 2.18. The van der Waals surface area contributed by atoms with Crippen LogP contribution in [0.4, 0.5) is 0 Å². The summed E-state index contributed by atoms with van der Waals surface area (Å²) < 4.78 is 0. The average Bonchev–Trinajstić information content (AvgIpc) is 2.45. The van der Waals surface area contributed by atoms with Crippen LogP contribution < -0.4 is 5.32 Å². The van der Waals surface area contributed by atoms with Crippen LogP contribution in [0.1, 0.15) is 42.1 Å². The van der Waals surface area contributed by atoms with E-state index in [1.54, 1.807) is 6.20 Å². The number of carbonyl (C=O) groups excluding carboxylic acids is 1. The standard InChI is InChI=1S/C16H25N3O/c1-3-6-18-16(20)15-9-14(10-17-11-15)8-13-5-4-7-19(2)12-13/h9-11,13H,3-8,12H2,1-2H3,(H,18,20)/t13-/m1/s1. The second-order valence-corrected chi connectivity index (χ2v) is 5.81. The molecule has 1 fully saturated rings. The summed E-state index contributed by atoms with van der Waals surface area (Å²) in [6, 6.07) is 1.99. The molecule has 1 aromatic rings. The summed E-state index contributed by atoms with van der Waals surface area (Å²) in [6.45, 7) is 5.12. The number of likely N-dealkylation sites (tertiary alicyclic amines) is 1. The van der Waals surface area contributed by atoms with Gasteiger partial charge in [0.2, 0.25) is 0 Å². The Morgan fingerprint density at radius 3 is 3.10 bits per heavy atom. The minimum Gasteiger partial charge on any atom is -0.352 e. The molecule has 0 spiro atoms. The molecule has 1 aliphatic rings. The van der Waals surface area contributed by atoms with E-state index in [9.17, 15) is 4.79 Å². The monoisotopic (exact) mass is 275 g/mol. The Morgan fingerprint density at radius 1 is 1.50 bits per heavy atom. The molecule has 1 saturated heterocycles. The largest absolute Gasteiger partial charge is 0.352 e. The molecule has 0 aromatic carbocycles. The van der Waals surface area contributed by atoms with E-state index >= 15 is 0 Å². The quantitative estimate of drug-likeness (QED) is 0.895. The van der Waals surface area contributed by atoms with Crippen LogP contribution in [0.2, 0.25) is 0 Å².